The van der Waals surface area contributed by atoms with Crippen LogP contribution in [-0.4, -0.2) is 30.0 Å². The smallest absolute Gasteiger partial charge is 0.344 e. The third kappa shape index (κ3) is 4.67. The number of esters is 1. The third-order valence-electron chi connectivity index (χ3n) is 4.53. The Morgan fingerprint density at radius 1 is 0.800 bits per heavy atom. The lowest BCUT2D eigenvalue weighted by atomic mass is 10.1. The summed E-state index contributed by atoms with van der Waals surface area (Å²) in [7, 11) is 0. The molecular formula is C24H20N2O4. The molecule has 0 spiro atoms. The number of rotatable bonds is 8. The maximum Gasteiger partial charge on any atom is 0.344 e. The molecule has 4 aromatic rings. The van der Waals surface area contributed by atoms with Gasteiger partial charge in [-0.05, 0) is 42.5 Å². The minimum absolute atomic E-state index is 0.267. The second-order valence-corrected chi connectivity index (χ2v) is 6.64. The maximum absolute atomic E-state index is 12.3. The molecule has 0 amide bonds. The highest BCUT2D eigenvalue weighted by Crippen LogP contribution is 2.20. The van der Waals surface area contributed by atoms with Crippen LogP contribution >= 0.6 is 0 Å². The molecule has 0 saturated carbocycles. The largest absolute Gasteiger partial charge is 0.482 e. The summed E-state index contributed by atoms with van der Waals surface area (Å²) >= 11 is 0. The Bertz CT molecular complexity index is 1150. The number of hydrogen-bond acceptors (Lipinski definition) is 5. The maximum atomic E-state index is 12.3. The number of carbonyl (C=O) groups is 2. The number of H-pyrrole nitrogens is 1. The molecule has 0 bridgehead atoms. The molecule has 0 atom stereocenters. The number of anilines is 2. The normalized spacial score (nSPS) is 10.5. The number of nitrogens with one attached hydrogen (secondary N) is 2. The first-order valence-corrected chi connectivity index (χ1v) is 9.49. The second-order valence-electron chi connectivity index (χ2n) is 6.64. The highest BCUT2D eigenvalue weighted by molar-refractivity contribution is 6.08. The van der Waals surface area contributed by atoms with Crippen LogP contribution in [0.25, 0.3) is 10.9 Å². The van der Waals surface area contributed by atoms with Crippen molar-refractivity contribution in [2.75, 3.05) is 18.5 Å². The van der Waals surface area contributed by atoms with Gasteiger partial charge in [-0.2, -0.15) is 0 Å². The highest BCUT2D eigenvalue weighted by atomic mass is 16.6. The molecule has 3 aromatic carbocycles. The van der Waals surface area contributed by atoms with E-state index in [0.717, 1.165) is 22.3 Å². The predicted octanol–water partition coefficient (Wildman–Crippen LogP) is 4.72. The van der Waals surface area contributed by atoms with Gasteiger partial charge >= 0.3 is 5.97 Å². The van der Waals surface area contributed by atoms with Crippen LogP contribution in [0, 0.1) is 0 Å². The Balaban J connectivity index is 1.25. The Kier molecular flexibility index (Phi) is 5.75. The van der Waals surface area contributed by atoms with Gasteiger partial charge in [0.15, 0.2) is 13.2 Å². The van der Waals surface area contributed by atoms with Gasteiger partial charge in [-0.25, -0.2) is 4.79 Å². The van der Waals surface area contributed by atoms with E-state index in [4.69, 9.17) is 9.47 Å². The topological polar surface area (TPSA) is 80.4 Å². The summed E-state index contributed by atoms with van der Waals surface area (Å²) in [5.41, 5.74) is 3.25. The predicted molar refractivity (Wildman–Crippen MR) is 115 cm³/mol. The molecule has 0 fully saturated rings. The molecule has 1 aromatic heterocycles. The van der Waals surface area contributed by atoms with E-state index in [1.165, 1.54) is 0 Å². The zero-order chi connectivity index (χ0) is 20.8. The van der Waals surface area contributed by atoms with Gasteiger partial charge in [0.2, 0.25) is 5.78 Å². The fourth-order valence-corrected chi connectivity index (χ4v) is 3.03. The van der Waals surface area contributed by atoms with Crippen molar-refractivity contribution in [2.24, 2.45) is 0 Å². The summed E-state index contributed by atoms with van der Waals surface area (Å²) < 4.78 is 10.5. The molecule has 0 aliphatic heterocycles. The van der Waals surface area contributed by atoms with Crippen LogP contribution in [0.1, 0.15) is 10.4 Å². The first-order chi connectivity index (χ1) is 14.7. The molecule has 0 radical (unpaired) electrons. The number of ketones is 1. The molecule has 30 heavy (non-hydrogen) atoms. The zero-order valence-corrected chi connectivity index (χ0v) is 16.1. The molecule has 0 unspecified atom stereocenters. The number of aromatic amines is 1. The van der Waals surface area contributed by atoms with Crippen molar-refractivity contribution in [1.29, 1.82) is 0 Å². The molecule has 6 heteroatoms. The number of Topliss-reactive ketones (excluding diaryl/α,β-unsaturated/α-hetero) is 1. The van der Waals surface area contributed by atoms with Crippen LogP contribution in [0.4, 0.5) is 11.4 Å². The van der Waals surface area contributed by atoms with Gasteiger partial charge in [0.25, 0.3) is 0 Å². The molecule has 6 nitrogen and oxygen atoms in total. The Hall–Kier alpha value is -4.06. The van der Waals surface area contributed by atoms with E-state index in [9.17, 15) is 9.59 Å². The van der Waals surface area contributed by atoms with E-state index in [0.29, 0.717) is 11.3 Å². The quantitative estimate of drug-likeness (QED) is 0.331. The van der Waals surface area contributed by atoms with Gasteiger partial charge in [0.1, 0.15) is 5.75 Å². The monoisotopic (exact) mass is 400 g/mol. The summed E-state index contributed by atoms with van der Waals surface area (Å²) in [5, 5.41) is 4.07. The van der Waals surface area contributed by atoms with Crippen LogP contribution in [-0.2, 0) is 9.53 Å². The van der Waals surface area contributed by atoms with Gasteiger partial charge in [-0.3, -0.25) is 4.79 Å². The minimum Gasteiger partial charge on any atom is -0.482 e. The summed E-state index contributed by atoms with van der Waals surface area (Å²) in [6.07, 6.45) is 1.63. The standard InChI is InChI=1S/C24H20N2O4/c27-23(21-14-25-22-9-5-4-8-20(21)22)15-30-24(28)16-29-19-12-10-18(11-13-19)26-17-6-2-1-3-7-17/h1-14,25-26H,15-16H2. The number of para-hydroxylation sites is 2. The molecule has 0 aliphatic carbocycles. The van der Waals surface area contributed by atoms with Crippen LogP contribution < -0.4 is 10.1 Å². The van der Waals surface area contributed by atoms with E-state index in [2.05, 4.69) is 10.3 Å². The van der Waals surface area contributed by atoms with Gasteiger partial charge < -0.3 is 19.8 Å². The molecular weight excluding hydrogens is 380 g/mol. The number of fused-ring (bicyclic) bond motifs is 1. The zero-order valence-electron chi connectivity index (χ0n) is 16.1. The van der Waals surface area contributed by atoms with E-state index in [-0.39, 0.29) is 19.0 Å². The van der Waals surface area contributed by atoms with Crippen molar-refractivity contribution in [1.82, 2.24) is 4.98 Å². The van der Waals surface area contributed by atoms with Crippen molar-refractivity contribution < 1.29 is 19.1 Å². The van der Waals surface area contributed by atoms with E-state index in [1.807, 2.05) is 66.7 Å². The first-order valence-electron chi connectivity index (χ1n) is 9.49. The summed E-state index contributed by atoms with van der Waals surface area (Å²) in [4.78, 5) is 27.3. The van der Waals surface area contributed by atoms with Crippen molar-refractivity contribution in [3.63, 3.8) is 0 Å². The Morgan fingerprint density at radius 2 is 1.50 bits per heavy atom. The van der Waals surface area contributed by atoms with Gasteiger partial charge in [0.05, 0.1) is 0 Å². The van der Waals surface area contributed by atoms with Crippen LogP contribution in [0.2, 0.25) is 0 Å². The second kappa shape index (κ2) is 8.96. The average Bonchev–Trinajstić information content (AvgIpc) is 3.22. The number of aromatic nitrogens is 1. The highest BCUT2D eigenvalue weighted by Gasteiger charge is 2.14. The number of ether oxygens (including phenoxy) is 2. The lowest BCUT2D eigenvalue weighted by Crippen LogP contribution is -2.19. The number of hydrogen-bond donors (Lipinski definition) is 2. The van der Waals surface area contributed by atoms with Crippen LogP contribution in [0.5, 0.6) is 5.75 Å². The van der Waals surface area contributed by atoms with E-state index >= 15 is 0 Å². The Morgan fingerprint density at radius 3 is 2.30 bits per heavy atom. The lowest BCUT2D eigenvalue weighted by molar-refractivity contribution is -0.144. The molecule has 0 aliphatic rings. The molecule has 150 valence electrons. The third-order valence-corrected chi connectivity index (χ3v) is 4.53. The number of carbonyl (C=O) groups excluding carboxylic acids is 2. The Labute approximate surface area is 173 Å². The van der Waals surface area contributed by atoms with Gasteiger partial charge in [-0.1, -0.05) is 36.4 Å². The minimum atomic E-state index is -0.602. The van der Waals surface area contributed by atoms with Gasteiger partial charge in [-0.15, -0.1) is 0 Å². The van der Waals surface area contributed by atoms with Crippen molar-refractivity contribution in [3.05, 3.63) is 90.6 Å². The molecule has 0 saturated heterocycles. The average molecular weight is 400 g/mol. The van der Waals surface area contributed by atoms with Crippen molar-refractivity contribution >= 4 is 34.0 Å². The number of benzene rings is 3. The van der Waals surface area contributed by atoms with Crippen LogP contribution in [0.3, 0.4) is 0 Å². The fourth-order valence-electron chi connectivity index (χ4n) is 3.03. The first kappa shape index (κ1) is 19.3. The summed E-state index contributed by atoms with van der Waals surface area (Å²) in [5.74, 6) is -0.333. The van der Waals surface area contributed by atoms with Crippen molar-refractivity contribution in [3.8, 4) is 5.75 Å². The molecule has 4 rings (SSSR count). The fraction of sp³-hybridized carbons (Fsp3) is 0.0833. The SMILES string of the molecule is O=C(COc1ccc(Nc2ccccc2)cc1)OCC(=O)c1c[nH]c2ccccc12. The summed E-state index contributed by atoms with van der Waals surface area (Å²) in [6.45, 7) is -0.601. The lowest BCUT2D eigenvalue weighted by Gasteiger charge is -2.09. The molecule has 1 heterocycles. The molecule has 2 N–H and O–H groups in total. The van der Waals surface area contributed by atoms with E-state index in [1.54, 1.807) is 18.3 Å². The van der Waals surface area contributed by atoms with E-state index < -0.39 is 5.97 Å². The van der Waals surface area contributed by atoms with Crippen LogP contribution in [0.15, 0.2) is 85.1 Å². The van der Waals surface area contributed by atoms with Gasteiger partial charge in [0, 0.05) is 34.0 Å². The summed E-state index contributed by atoms with van der Waals surface area (Å²) in [6, 6.07) is 24.5. The van der Waals surface area contributed by atoms with Crippen molar-refractivity contribution in [2.45, 2.75) is 0 Å².